The van der Waals surface area contributed by atoms with Crippen LogP contribution in [-0.4, -0.2) is 34.9 Å². The molecule has 0 fully saturated rings. The van der Waals surface area contributed by atoms with E-state index in [4.69, 9.17) is 0 Å². The summed E-state index contributed by atoms with van der Waals surface area (Å²) in [6, 6.07) is -0.534. The van der Waals surface area contributed by atoms with Gasteiger partial charge in [0.25, 0.3) is 0 Å². The molecule has 0 aromatic carbocycles. The number of amides is 1. The van der Waals surface area contributed by atoms with Crippen LogP contribution in [0.1, 0.15) is 181 Å². The van der Waals surface area contributed by atoms with Crippen LogP contribution in [0.3, 0.4) is 0 Å². The molecule has 3 N–H and O–H groups in total. The highest BCUT2D eigenvalue weighted by atomic mass is 16.3. The van der Waals surface area contributed by atoms with E-state index in [9.17, 15) is 15.0 Å². The molecule has 0 aromatic heterocycles. The van der Waals surface area contributed by atoms with E-state index < -0.39 is 12.1 Å². The second-order valence-corrected chi connectivity index (χ2v) is 11.6. The fourth-order valence-electron chi connectivity index (χ4n) is 5.12. The fraction of sp³-hybridized carbons (Fsp3) is 0.912. The van der Waals surface area contributed by atoms with Crippen LogP contribution in [0.4, 0.5) is 0 Å². The largest absolute Gasteiger partial charge is 0.394 e. The lowest BCUT2D eigenvalue weighted by Crippen LogP contribution is -2.45. The summed E-state index contributed by atoms with van der Waals surface area (Å²) in [5.74, 6) is -0.0420. The molecule has 0 unspecified atom stereocenters. The molecule has 0 aliphatic carbocycles. The van der Waals surface area contributed by atoms with E-state index in [0.29, 0.717) is 12.8 Å². The molecule has 38 heavy (non-hydrogen) atoms. The third-order valence-electron chi connectivity index (χ3n) is 7.78. The Morgan fingerprint density at radius 3 is 1.45 bits per heavy atom. The molecule has 0 saturated carbocycles. The predicted molar refractivity (Wildman–Crippen MR) is 166 cm³/mol. The van der Waals surface area contributed by atoms with Crippen molar-refractivity contribution in [3.63, 3.8) is 0 Å². The van der Waals surface area contributed by atoms with Crippen LogP contribution < -0.4 is 5.32 Å². The second-order valence-electron chi connectivity index (χ2n) is 11.6. The number of allylic oxidation sites excluding steroid dienone is 2. The van der Waals surface area contributed by atoms with Gasteiger partial charge in [-0.25, -0.2) is 0 Å². The van der Waals surface area contributed by atoms with Gasteiger partial charge in [0.1, 0.15) is 0 Å². The Kier molecular flexibility index (Phi) is 30.0. The van der Waals surface area contributed by atoms with Crippen molar-refractivity contribution in [2.24, 2.45) is 0 Å². The van der Waals surface area contributed by atoms with Gasteiger partial charge in [-0.05, 0) is 38.5 Å². The van der Waals surface area contributed by atoms with Crippen molar-refractivity contribution in [3.8, 4) is 0 Å². The summed E-state index contributed by atoms with van der Waals surface area (Å²) in [5, 5.41) is 22.9. The van der Waals surface area contributed by atoms with Crippen LogP contribution in [0.15, 0.2) is 12.2 Å². The molecular weight excluding hydrogens is 470 g/mol. The van der Waals surface area contributed by atoms with Gasteiger partial charge in [0.2, 0.25) is 5.91 Å². The van der Waals surface area contributed by atoms with Gasteiger partial charge >= 0.3 is 0 Å². The maximum absolute atomic E-state index is 12.3. The molecule has 0 rings (SSSR count). The highest BCUT2D eigenvalue weighted by molar-refractivity contribution is 5.76. The molecule has 0 heterocycles. The van der Waals surface area contributed by atoms with Gasteiger partial charge in [0.05, 0.1) is 18.8 Å². The van der Waals surface area contributed by atoms with Gasteiger partial charge in [0.15, 0.2) is 0 Å². The number of nitrogens with one attached hydrogen (secondary N) is 1. The highest BCUT2D eigenvalue weighted by Crippen LogP contribution is 2.14. The molecule has 4 nitrogen and oxygen atoms in total. The normalized spacial score (nSPS) is 13.3. The van der Waals surface area contributed by atoms with E-state index in [1.165, 1.54) is 128 Å². The van der Waals surface area contributed by atoms with Gasteiger partial charge in [-0.1, -0.05) is 148 Å². The average molecular weight is 538 g/mol. The van der Waals surface area contributed by atoms with E-state index in [1.807, 2.05) is 0 Å². The number of carbonyl (C=O) groups is 1. The van der Waals surface area contributed by atoms with Crippen LogP contribution >= 0.6 is 0 Å². The number of carbonyl (C=O) groups excluding carboxylic acids is 1. The maximum Gasteiger partial charge on any atom is 0.220 e. The monoisotopic (exact) mass is 538 g/mol. The summed E-state index contributed by atoms with van der Waals surface area (Å²) in [4.78, 5) is 12.3. The minimum absolute atomic E-state index is 0.0420. The predicted octanol–water partition coefficient (Wildman–Crippen LogP) is 9.56. The Bertz CT molecular complexity index is 508. The van der Waals surface area contributed by atoms with Crippen molar-refractivity contribution in [1.82, 2.24) is 5.32 Å². The zero-order valence-corrected chi connectivity index (χ0v) is 25.7. The van der Waals surface area contributed by atoms with Gasteiger partial charge in [-0.2, -0.15) is 0 Å². The van der Waals surface area contributed by atoms with Gasteiger partial charge in [-0.3, -0.25) is 4.79 Å². The molecule has 0 bridgehead atoms. The van der Waals surface area contributed by atoms with Crippen LogP contribution in [0.2, 0.25) is 0 Å². The Morgan fingerprint density at radius 1 is 0.605 bits per heavy atom. The van der Waals surface area contributed by atoms with Crippen LogP contribution in [0.25, 0.3) is 0 Å². The quantitative estimate of drug-likeness (QED) is 0.0631. The van der Waals surface area contributed by atoms with Crippen LogP contribution in [0.5, 0.6) is 0 Å². The minimum Gasteiger partial charge on any atom is -0.394 e. The van der Waals surface area contributed by atoms with Crippen molar-refractivity contribution < 1.29 is 15.0 Å². The standard InChI is InChI=1S/C34H67NO3/c1-3-5-7-9-11-13-15-17-18-20-22-24-26-28-30-34(38)35-32(31-36)33(37)29-27-25-23-21-19-16-14-12-10-8-6-4-2/h15,17,32-33,36-37H,3-14,16,18-31H2,1-2H3,(H,35,38)/b17-15+/t32-,33+/m0/s1. The van der Waals surface area contributed by atoms with E-state index in [-0.39, 0.29) is 12.5 Å². The van der Waals surface area contributed by atoms with E-state index in [2.05, 4.69) is 31.3 Å². The number of aliphatic hydroxyl groups excluding tert-OH is 2. The summed E-state index contributed by atoms with van der Waals surface area (Å²) in [6.07, 6.45) is 35.4. The minimum atomic E-state index is -0.656. The number of rotatable bonds is 30. The summed E-state index contributed by atoms with van der Waals surface area (Å²) in [7, 11) is 0. The molecule has 0 spiro atoms. The van der Waals surface area contributed by atoms with Gasteiger partial charge in [0, 0.05) is 6.42 Å². The summed E-state index contributed by atoms with van der Waals surface area (Å²) < 4.78 is 0. The Hall–Kier alpha value is -0.870. The van der Waals surface area contributed by atoms with Crippen molar-refractivity contribution in [1.29, 1.82) is 0 Å². The number of aliphatic hydroxyl groups is 2. The Morgan fingerprint density at radius 2 is 1.00 bits per heavy atom. The molecule has 4 heteroatoms. The molecule has 1 amide bonds. The third-order valence-corrected chi connectivity index (χ3v) is 7.78. The van der Waals surface area contributed by atoms with Gasteiger partial charge in [-0.15, -0.1) is 0 Å². The molecule has 0 aliphatic heterocycles. The lowest BCUT2D eigenvalue weighted by atomic mass is 10.0. The zero-order valence-electron chi connectivity index (χ0n) is 25.7. The zero-order chi connectivity index (χ0) is 27.9. The van der Waals surface area contributed by atoms with E-state index in [1.54, 1.807) is 0 Å². The number of unbranched alkanes of at least 4 members (excludes halogenated alkanes) is 21. The Labute approximate surface area is 237 Å². The van der Waals surface area contributed by atoms with E-state index >= 15 is 0 Å². The maximum atomic E-state index is 12.3. The van der Waals surface area contributed by atoms with Crippen molar-refractivity contribution >= 4 is 5.91 Å². The molecule has 0 radical (unpaired) electrons. The third kappa shape index (κ3) is 26.7. The number of hydrogen-bond acceptors (Lipinski definition) is 3. The topological polar surface area (TPSA) is 69.6 Å². The molecule has 0 saturated heterocycles. The van der Waals surface area contributed by atoms with Crippen LogP contribution in [-0.2, 0) is 4.79 Å². The van der Waals surface area contributed by atoms with Crippen molar-refractivity contribution in [2.45, 2.75) is 193 Å². The first-order valence-electron chi connectivity index (χ1n) is 16.9. The van der Waals surface area contributed by atoms with E-state index in [0.717, 1.165) is 25.7 Å². The average Bonchev–Trinajstić information content (AvgIpc) is 2.92. The van der Waals surface area contributed by atoms with Gasteiger partial charge < -0.3 is 15.5 Å². The molecular formula is C34H67NO3. The molecule has 2 atom stereocenters. The number of hydrogen-bond donors (Lipinski definition) is 3. The summed E-state index contributed by atoms with van der Waals surface area (Å²) in [6.45, 7) is 4.32. The fourth-order valence-corrected chi connectivity index (χ4v) is 5.12. The molecule has 0 aliphatic rings. The molecule has 0 aromatic rings. The van der Waals surface area contributed by atoms with Crippen molar-refractivity contribution in [2.75, 3.05) is 6.61 Å². The summed E-state index contributed by atoms with van der Waals surface area (Å²) in [5.41, 5.74) is 0. The second kappa shape index (κ2) is 30.7. The first kappa shape index (κ1) is 37.1. The smallest absolute Gasteiger partial charge is 0.220 e. The van der Waals surface area contributed by atoms with Crippen molar-refractivity contribution in [3.05, 3.63) is 12.2 Å². The first-order valence-corrected chi connectivity index (χ1v) is 16.9. The highest BCUT2D eigenvalue weighted by Gasteiger charge is 2.19. The SMILES string of the molecule is CCCCCCC/C=C/CCCCCCCC(=O)N[C@@H](CO)[C@H](O)CCCCCCCCCCCCCC. The Balaban J connectivity index is 3.59. The first-order chi connectivity index (χ1) is 18.7. The summed E-state index contributed by atoms with van der Waals surface area (Å²) >= 11 is 0. The van der Waals surface area contributed by atoms with Crippen LogP contribution in [0, 0.1) is 0 Å². The molecule has 226 valence electrons. The lowest BCUT2D eigenvalue weighted by Gasteiger charge is -2.22. The lowest BCUT2D eigenvalue weighted by molar-refractivity contribution is -0.123.